The summed E-state index contributed by atoms with van der Waals surface area (Å²) in [7, 11) is 3.01. The van der Waals surface area contributed by atoms with Gasteiger partial charge in [-0.2, -0.15) is 0 Å². The van der Waals surface area contributed by atoms with Crippen molar-refractivity contribution < 1.29 is 89.3 Å². The van der Waals surface area contributed by atoms with Gasteiger partial charge >= 0.3 is 0 Å². The van der Waals surface area contributed by atoms with Crippen LogP contribution in [0.25, 0.3) is 5.76 Å². The van der Waals surface area contributed by atoms with Gasteiger partial charge in [-0.05, 0) is 39.1 Å². The molecule has 33 heavy (non-hydrogen) atoms. The molecule has 1 aromatic rings. The third-order valence-corrected chi connectivity index (χ3v) is 7.02. The minimum absolute atomic E-state index is 0. The zero-order valence-corrected chi connectivity index (χ0v) is 20.5. The van der Waals surface area contributed by atoms with Crippen LogP contribution in [0.1, 0.15) is 24.5 Å². The van der Waals surface area contributed by atoms with Crippen molar-refractivity contribution in [2.75, 3.05) is 14.1 Å². The van der Waals surface area contributed by atoms with Gasteiger partial charge in [0.2, 0.25) is 5.78 Å². The van der Waals surface area contributed by atoms with Crippen LogP contribution < -0.4 is 5.73 Å². The van der Waals surface area contributed by atoms with Crippen molar-refractivity contribution in [1.29, 1.82) is 0 Å². The number of phenols is 1. The number of nitrogens with zero attached hydrogens (tertiary/aromatic N) is 1. The van der Waals surface area contributed by atoms with Gasteiger partial charge in [-0.1, -0.05) is 12.1 Å². The topological polar surface area (TPSA) is 182 Å². The maximum absolute atomic E-state index is 13.7. The fourth-order valence-corrected chi connectivity index (χ4v) is 5.50. The fraction of sp³-hybridized carbons (Fsp3) is 0.409. The Hall–Kier alpha value is -1.63. The van der Waals surface area contributed by atoms with Crippen LogP contribution >= 0.6 is 0 Å². The molecular weight excluding hydrogens is 572 g/mol. The molecule has 1 aromatic carbocycles. The average molecular weight is 596 g/mol. The quantitative estimate of drug-likeness (QED) is 0.248. The van der Waals surface area contributed by atoms with Crippen LogP contribution in [0.5, 0.6) is 5.75 Å². The molecule has 177 valence electrons. The largest absolute Gasteiger partial charge is 0.508 e. The molecule has 7 N–H and O–H groups in total. The molecule has 1 saturated carbocycles. The Kier molecular flexibility index (Phi) is 6.49. The van der Waals surface area contributed by atoms with Crippen molar-refractivity contribution >= 4 is 23.2 Å². The van der Waals surface area contributed by atoms with Crippen LogP contribution in [-0.4, -0.2) is 73.6 Å². The molecule has 0 aromatic heterocycles. The van der Waals surface area contributed by atoms with Crippen molar-refractivity contribution in [2.45, 2.75) is 30.6 Å². The number of aromatic hydroxyl groups is 1. The Labute approximate surface area is 229 Å². The van der Waals surface area contributed by atoms with E-state index >= 15 is 0 Å². The van der Waals surface area contributed by atoms with Gasteiger partial charge in [-0.3, -0.25) is 19.3 Å². The summed E-state index contributed by atoms with van der Waals surface area (Å²) in [4.78, 5) is 40.0. The average Bonchev–Trinajstić information content (AvgIpc) is 2.68. The monoisotopic (exact) mass is 597 g/mol. The number of aliphatic hydroxyl groups is 4. The molecule has 0 unspecified atom stereocenters. The van der Waals surface area contributed by atoms with E-state index in [2.05, 4.69) is 0 Å². The molecule has 0 bridgehead atoms. The van der Waals surface area contributed by atoms with E-state index in [-0.39, 0.29) is 66.9 Å². The van der Waals surface area contributed by atoms with Crippen molar-refractivity contribution in [2.24, 2.45) is 17.6 Å². The van der Waals surface area contributed by atoms with E-state index in [1.165, 1.54) is 44.1 Å². The van der Waals surface area contributed by atoms with Crippen LogP contribution in [0.15, 0.2) is 35.1 Å². The van der Waals surface area contributed by atoms with Gasteiger partial charge in [0, 0.05) is 66.8 Å². The molecule has 1 radical (unpaired) electrons. The van der Waals surface area contributed by atoms with Gasteiger partial charge < -0.3 is 31.3 Å². The first-order valence-corrected chi connectivity index (χ1v) is 9.97. The van der Waals surface area contributed by atoms with Crippen molar-refractivity contribution in [3.63, 3.8) is 0 Å². The molecule has 1 fully saturated rings. The first-order valence-electron chi connectivity index (χ1n) is 9.97. The molecule has 0 spiro atoms. The second-order valence-electron chi connectivity index (χ2n) is 8.96. The number of nitrogens with two attached hydrogens (primary N) is 1. The van der Waals surface area contributed by atoms with Gasteiger partial charge in [0.05, 0.1) is 17.2 Å². The summed E-state index contributed by atoms with van der Waals surface area (Å²) >= 11 is 0. The van der Waals surface area contributed by atoms with Crippen molar-refractivity contribution in [1.82, 2.24) is 4.90 Å². The van der Waals surface area contributed by atoms with Crippen LogP contribution in [0.2, 0.25) is 0 Å². The Morgan fingerprint density at radius 1 is 1.15 bits per heavy atom. The molecule has 4 rings (SSSR count). The van der Waals surface area contributed by atoms with Crippen LogP contribution in [-0.2, 0) is 20.0 Å². The van der Waals surface area contributed by atoms with Gasteiger partial charge in [0.15, 0.2) is 11.4 Å². The van der Waals surface area contributed by atoms with E-state index in [4.69, 9.17) is 5.73 Å². The zero-order valence-electron chi connectivity index (χ0n) is 18.0. The predicted molar refractivity (Wildman–Crippen MR) is 110 cm³/mol. The van der Waals surface area contributed by atoms with E-state index in [0.29, 0.717) is 0 Å². The number of rotatable bonds is 2. The summed E-state index contributed by atoms with van der Waals surface area (Å²) in [5.74, 6) is -7.90. The Morgan fingerprint density at radius 3 is 2.30 bits per heavy atom. The van der Waals surface area contributed by atoms with Crippen LogP contribution in [0.3, 0.4) is 0 Å². The number of ketones is 2. The molecule has 10 nitrogen and oxygen atoms in total. The Balaban J connectivity index is 0.00000306. The standard InChI is InChI=1S/C22H24N2O8.Eu/c1-21(31)8-5-4-6-11(25)12(8)16(26)13-9(21)7-10-15(24(2)3)17(27)14(20(23)30)19(29)22(10,32)18(13)28;/h4-6,9-10,15,25-26,29,31-32H,7H2,1-3H3,(H2,23,30);/t9-,10-,15-,21+,22-;/m0./s1. The molecule has 1 amide bonds. The number of Topliss-reactive ketones (excluding diaryl/α,β-unsaturated/α-hetero) is 2. The minimum atomic E-state index is -2.75. The molecular formula is C22H24EuN2O8. The normalized spacial score (nSPS) is 33.3. The number of fused-ring (bicyclic) bond motifs is 3. The third-order valence-electron chi connectivity index (χ3n) is 7.02. The van der Waals surface area contributed by atoms with E-state index < -0.39 is 75.0 Å². The Bertz CT molecular complexity index is 1160. The number of carbonyl (C=O) groups excluding carboxylic acids is 3. The van der Waals surface area contributed by atoms with E-state index in [1.54, 1.807) is 0 Å². The number of hydrogen-bond acceptors (Lipinski definition) is 9. The van der Waals surface area contributed by atoms with Crippen molar-refractivity contribution in [3.8, 4) is 5.75 Å². The summed E-state index contributed by atoms with van der Waals surface area (Å²) in [6.07, 6.45) is -0.200. The zero-order chi connectivity index (χ0) is 23.9. The number of hydrogen-bond donors (Lipinski definition) is 6. The van der Waals surface area contributed by atoms with Gasteiger partial charge in [-0.25, -0.2) is 0 Å². The smallest absolute Gasteiger partial charge is 0.255 e. The maximum Gasteiger partial charge on any atom is 0.255 e. The molecule has 3 aliphatic carbocycles. The number of benzene rings is 1. The predicted octanol–water partition coefficient (Wildman–Crippen LogP) is -0.371. The molecule has 5 atom stereocenters. The number of aliphatic hydroxyl groups excluding tert-OH is 2. The first kappa shape index (κ1) is 26.0. The molecule has 0 aliphatic heterocycles. The van der Waals surface area contributed by atoms with Gasteiger partial charge in [0.25, 0.3) is 5.91 Å². The maximum atomic E-state index is 13.7. The summed E-state index contributed by atoms with van der Waals surface area (Å²) in [6.45, 7) is 1.40. The number of amides is 1. The minimum Gasteiger partial charge on any atom is -0.508 e. The second-order valence-corrected chi connectivity index (χ2v) is 8.96. The number of likely N-dealkylation sites (N-methyl/N-ethyl adjacent to an activating group) is 1. The second kappa shape index (κ2) is 8.25. The SMILES string of the molecule is CN(C)[C@@H]1C(=O)C(C(N)=O)=C(O)[C@@]2(O)C(=O)C3=C(O)c4c(O)cccc4[C@@](C)(O)[C@H]3C[C@@H]12.[Eu]. The van der Waals surface area contributed by atoms with Crippen LogP contribution in [0.4, 0.5) is 0 Å². The van der Waals surface area contributed by atoms with Gasteiger partial charge in [0.1, 0.15) is 22.8 Å². The number of carbonyl (C=O) groups is 3. The Morgan fingerprint density at radius 2 is 1.76 bits per heavy atom. The molecule has 0 heterocycles. The summed E-state index contributed by atoms with van der Waals surface area (Å²) in [6, 6.07) is 3.02. The van der Waals surface area contributed by atoms with Gasteiger partial charge in [-0.15, -0.1) is 0 Å². The first-order chi connectivity index (χ1) is 14.8. The summed E-state index contributed by atoms with van der Waals surface area (Å²) < 4.78 is 0. The van der Waals surface area contributed by atoms with E-state index in [9.17, 15) is 39.9 Å². The fourth-order valence-electron chi connectivity index (χ4n) is 5.50. The number of phenolic OH excluding ortho intramolecular Hbond substituents is 1. The molecule has 0 saturated heterocycles. The van der Waals surface area contributed by atoms with Crippen LogP contribution in [0, 0.1) is 61.2 Å². The third kappa shape index (κ3) is 3.28. The van der Waals surface area contributed by atoms with Crippen molar-refractivity contribution in [3.05, 3.63) is 46.2 Å². The summed E-state index contributed by atoms with van der Waals surface area (Å²) in [5.41, 5.74) is -0.548. The molecule has 3 aliphatic rings. The van der Waals surface area contributed by atoms with E-state index in [1.807, 2.05) is 0 Å². The van der Waals surface area contributed by atoms with E-state index in [0.717, 1.165) is 0 Å². The number of primary amides is 1. The summed E-state index contributed by atoms with van der Waals surface area (Å²) in [5, 5.41) is 54.9. The molecule has 11 heteroatoms.